The fourth-order valence-corrected chi connectivity index (χ4v) is 1.84. The van der Waals surface area contributed by atoms with E-state index in [4.69, 9.17) is 22.2 Å². The van der Waals surface area contributed by atoms with Crippen LogP contribution in [-0.4, -0.2) is 10.8 Å². The van der Waals surface area contributed by atoms with Gasteiger partial charge in [-0.2, -0.15) is 0 Å². The van der Waals surface area contributed by atoms with Crippen LogP contribution < -0.4 is 15.6 Å². The summed E-state index contributed by atoms with van der Waals surface area (Å²) in [6.45, 7) is 1.28. The lowest BCUT2D eigenvalue weighted by molar-refractivity contribution is -0.383. The number of hydroxylamine groups is 1. The molecule has 0 radical (unpaired) electrons. The van der Waals surface area contributed by atoms with Crippen molar-refractivity contribution >= 4 is 34.6 Å². The van der Waals surface area contributed by atoms with Gasteiger partial charge < -0.3 is 10.6 Å². The standard InChI is InChI=1S/C14H12ClN3O4/c1-9(19)17(22-12-5-2-10(15)3-6-12)11-4-7-13(16)14(8-11)18(20)21/h2-8H,16H2,1H3. The smallest absolute Gasteiger partial charge is 0.294 e. The molecule has 0 saturated heterocycles. The first-order chi connectivity index (χ1) is 10.4. The monoisotopic (exact) mass is 321 g/mol. The predicted molar refractivity (Wildman–Crippen MR) is 82.7 cm³/mol. The van der Waals surface area contributed by atoms with Crippen molar-refractivity contribution in [3.63, 3.8) is 0 Å². The van der Waals surface area contributed by atoms with E-state index in [1.807, 2.05) is 0 Å². The van der Waals surface area contributed by atoms with Gasteiger partial charge in [-0.05, 0) is 36.4 Å². The molecular weight excluding hydrogens is 310 g/mol. The Hall–Kier alpha value is -2.80. The second-order valence-corrected chi connectivity index (χ2v) is 4.80. The number of nitro groups is 1. The van der Waals surface area contributed by atoms with Crippen LogP contribution in [0.3, 0.4) is 0 Å². The maximum atomic E-state index is 11.8. The third-order valence-corrected chi connectivity index (χ3v) is 2.99. The topological polar surface area (TPSA) is 98.7 Å². The van der Waals surface area contributed by atoms with Crippen LogP contribution in [0.15, 0.2) is 42.5 Å². The molecular formula is C14H12ClN3O4. The van der Waals surface area contributed by atoms with Crippen LogP contribution in [0.5, 0.6) is 5.75 Å². The third kappa shape index (κ3) is 3.44. The van der Waals surface area contributed by atoms with Crippen LogP contribution in [0.25, 0.3) is 0 Å². The minimum Gasteiger partial charge on any atom is -0.393 e. The summed E-state index contributed by atoms with van der Waals surface area (Å²) < 4.78 is 0. The Bertz CT molecular complexity index is 719. The van der Waals surface area contributed by atoms with Crippen molar-refractivity contribution < 1.29 is 14.6 Å². The van der Waals surface area contributed by atoms with Crippen LogP contribution >= 0.6 is 11.6 Å². The molecule has 0 spiro atoms. The minimum absolute atomic E-state index is 0.00347. The second kappa shape index (κ2) is 6.31. The molecule has 1 amide bonds. The van der Waals surface area contributed by atoms with Gasteiger partial charge in [0.2, 0.25) is 0 Å². The maximum absolute atomic E-state index is 11.8. The molecule has 2 aromatic rings. The summed E-state index contributed by atoms with van der Waals surface area (Å²) in [5.41, 5.74) is 5.43. The number of benzene rings is 2. The number of halogens is 1. The molecule has 2 rings (SSSR count). The van der Waals surface area contributed by atoms with E-state index >= 15 is 0 Å². The van der Waals surface area contributed by atoms with Crippen molar-refractivity contribution in [1.82, 2.24) is 0 Å². The SMILES string of the molecule is CC(=O)N(Oc1ccc(Cl)cc1)c1ccc(N)c([N+](=O)[O-])c1. The highest BCUT2D eigenvalue weighted by Crippen LogP contribution is 2.28. The Morgan fingerprint density at radius 2 is 1.91 bits per heavy atom. The highest BCUT2D eigenvalue weighted by Gasteiger charge is 2.19. The van der Waals surface area contributed by atoms with Crippen LogP contribution in [0.4, 0.5) is 17.1 Å². The number of nitrogens with two attached hydrogens (primary N) is 1. The van der Waals surface area contributed by atoms with Gasteiger partial charge in [0, 0.05) is 18.0 Å². The van der Waals surface area contributed by atoms with E-state index in [0.29, 0.717) is 10.8 Å². The van der Waals surface area contributed by atoms with E-state index in [0.717, 1.165) is 5.06 Å². The first kappa shape index (κ1) is 15.6. The van der Waals surface area contributed by atoms with Crippen molar-refractivity contribution in [2.75, 3.05) is 10.8 Å². The molecule has 0 atom stereocenters. The van der Waals surface area contributed by atoms with Crippen LogP contribution in [0, 0.1) is 10.1 Å². The highest BCUT2D eigenvalue weighted by molar-refractivity contribution is 6.30. The number of nitro benzene ring substituents is 1. The maximum Gasteiger partial charge on any atom is 0.294 e. The van der Waals surface area contributed by atoms with E-state index in [1.54, 1.807) is 24.3 Å². The van der Waals surface area contributed by atoms with Gasteiger partial charge >= 0.3 is 0 Å². The van der Waals surface area contributed by atoms with Crippen molar-refractivity contribution in [2.24, 2.45) is 0 Å². The Kier molecular flexibility index (Phi) is 4.47. The first-order valence-corrected chi connectivity index (χ1v) is 6.54. The number of nitrogens with zero attached hydrogens (tertiary/aromatic N) is 2. The molecule has 7 nitrogen and oxygen atoms in total. The highest BCUT2D eigenvalue weighted by atomic mass is 35.5. The Labute approximate surface area is 131 Å². The number of carbonyl (C=O) groups is 1. The third-order valence-electron chi connectivity index (χ3n) is 2.74. The van der Waals surface area contributed by atoms with Crippen molar-refractivity contribution in [1.29, 1.82) is 0 Å². The van der Waals surface area contributed by atoms with E-state index in [1.165, 1.54) is 25.1 Å². The van der Waals surface area contributed by atoms with Gasteiger partial charge in [-0.1, -0.05) is 11.6 Å². The lowest BCUT2D eigenvalue weighted by Crippen LogP contribution is -2.32. The molecule has 0 aliphatic carbocycles. The number of hydrogen-bond acceptors (Lipinski definition) is 5. The molecule has 0 aliphatic rings. The Morgan fingerprint density at radius 1 is 1.27 bits per heavy atom. The average molecular weight is 322 g/mol. The van der Waals surface area contributed by atoms with E-state index < -0.39 is 10.8 Å². The number of hydrogen-bond donors (Lipinski definition) is 1. The van der Waals surface area contributed by atoms with Crippen molar-refractivity contribution in [3.8, 4) is 5.75 Å². The largest absolute Gasteiger partial charge is 0.393 e. The van der Waals surface area contributed by atoms with Crippen molar-refractivity contribution in [2.45, 2.75) is 6.92 Å². The molecule has 2 aromatic carbocycles. The summed E-state index contributed by atoms with van der Waals surface area (Å²) in [4.78, 5) is 27.5. The minimum atomic E-state index is -0.626. The number of anilines is 2. The van der Waals surface area contributed by atoms with Gasteiger partial charge in [0.1, 0.15) is 5.69 Å². The number of carbonyl (C=O) groups excluding carboxylic acids is 1. The van der Waals surface area contributed by atoms with Gasteiger partial charge in [-0.15, -0.1) is 5.06 Å². The summed E-state index contributed by atoms with van der Waals surface area (Å²) in [6.07, 6.45) is 0. The fourth-order valence-electron chi connectivity index (χ4n) is 1.72. The summed E-state index contributed by atoms with van der Waals surface area (Å²) >= 11 is 5.78. The average Bonchev–Trinajstić information content (AvgIpc) is 2.47. The van der Waals surface area contributed by atoms with Gasteiger partial charge in [-0.3, -0.25) is 14.9 Å². The Morgan fingerprint density at radius 3 is 2.45 bits per heavy atom. The zero-order valence-electron chi connectivity index (χ0n) is 11.5. The molecule has 2 N–H and O–H groups in total. The predicted octanol–water partition coefficient (Wildman–Crippen LogP) is 3.18. The van der Waals surface area contributed by atoms with Gasteiger partial charge in [0.05, 0.1) is 10.6 Å². The summed E-state index contributed by atoms with van der Waals surface area (Å²) in [5, 5.41) is 12.4. The van der Waals surface area contributed by atoms with E-state index in [-0.39, 0.29) is 17.1 Å². The molecule has 0 aromatic heterocycles. The molecule has 114 valence electrons. The molecule has 0 saturated carbocycles. The molecule has 8 heteroatoms. The van der Waals surface area contributed by atoms with Crippen LogP contribution in [0.1, 0.15) is 6.92 Å². The fraction of sp³-hybridized carbons (Fsp3) is 0.0714. The van der Waals surface area contributed by atoms with Gasteiger partial charge in [-0.25, -0.2) is 0 Å². The normalized spacial score (nSPS) is 10.1. The summed E-state index contributed by atoms with van der Waals surface area (Å²) in [5.74, 6) is -0.0897. The van der Waals surface area contributed by atoms with Gasteiger partial charge in [0.25, 0.3) is 11.6 Å². The second-order valence-electron chi connectivity index (χ2n) is 4.36. The molecule has 0 aliphatic heterocycles. The van der Waals surface area contributed by atoms with E-state index in [9.17, 15) is 14.9 Å². The number of nitrogen functional groups attached to an aromatic ring is 1. The summed E-state index contributed by atoms with van der Waals surface area (Å²) in [6, 6.07) is 10.3. The van der Waals surface area contributed by atoms with Crippen molar-refractivity contribution in [3.05, 3.63) is 57.6 Å². The quantitative estimate of drug-likeness (QED) is 0.529. The lowest BCUT2D eigenvalue weighted by atomic mass is 10.2. The lowest BCUT2D eigenvalue weighted by Gasteiger charge is -2.21. The zero-order valence-corrected chi connectivity index (χ0v) is 12.3. The number of rotatable bonds is 4. The zero-order chi connectivity index (χ0) is 16.3. The Balaban J connectivity index is 2.36. The van der Waals surface area contributed by atoms with Gasteiger partial charge in [0.15, 0.2) is 5.75 Å². The number of amides is 1. The van der Waals surface area contributed by atoms with Crippen LogP contribution in [0.2, 0.25) is 5.02 Å². The molecule has 22 heavy (non-hydrogen) atoms. The first-order valence-electron chi connectivity index (χ1n) is 6.16. The molecule has 0 unspecified atom stereocenters. The molecule has 0 fully saturated rings. The molecule has 0 heterocycles. The molecule has 0 bridgehead atoms. The van der Waals surface area contributed by atoms with Crippen LogP contribution in [-0.2, 0) is 4.79 Å². The summed E-state index contributed by atoms with van der Waals surface area (Å²) in [7, 11) is 0. The van der Waals surface area contributed by atoms with E-state index in [2.05, 4.69) is 0 Å².